The van der Waals surface area contributed by atoms with E-state index in [0.29, 0.717) is 5.92 Å². The minimum atomic E-state index is -0.0124. The fourth-order valence-electron chi connectivity index (χ4n) is 3.14. The molecule has 2 aliphatic rings. The molecule has 3 atom stereocenters. The highest BCUT2D eigenvalue weighted by molar-refractivity contribution is 5.74. The third-order valence-corrected chi connectivity index (χ3v) is 3.86. The van der Waals surface area contributed by atoms with Crippen LogP contribution in [0.15, 0.2) is 0 Å². The van der Waals surface area contributed by atoms with Gasteiger partial charge in [-0.3, -0.25) is 4.79 Å². The highest BCUT2D eigenvalue weighted by Gasteiger charge is 2.39. The predicted molar refractivity (Wildman–Crippen MR) is 54.5 cm³/mol. The summed E-state index contributed by atoms with van der Waals surface area (Å²) in [5, 5.41) is 0. The summed E-state index contributed by atoms with van der Waals surface area (Å²) in [4.78, 5) is 11.6. The zero-order chi connectivity index (χ0) is 9.97. The lowest BCUT2D eigenvalue weighted by Crippen LogP contribution is -2.36. The Kier molecular flexibility index (Phi) is 3.09. The Labute approximate surface area is 86.0 Å². The lowest BCUT2D eigenvalue weighted by Gasteiger charge is -2.39. The number of hydrogen-bond acceptors (Lipinski definition) is 2. The molecule has 2 heteroatoms. The van der Waals surface area contributed by atoms with Gasteiger partial charge in [-0.25, -0.2) is 0 Å². The van der Waals surface area contributed by atoms with Gasteiger partial charge in [-0.05, 0) is 37.5 Å². The van der Waals surface area contributed by atoms with Gasteiger partial charge in [0.15, 0.2) is 0 Å². The Morgan fingerprint density at radius 2 is 2.07 bits per heavy atom. The van der Waals surface area contributed by atoms with Crippen molar-refractivity contribution in [3.05, 3.63) is 6.42 Å². The minimum absolute atomic E-state index is 0.0124. The van der Waals surface area contributed by atoms with Gasteiger partial charge in [0, 0.05) is 0 Å². The maximum absolute atomic E-state index is 11.6. The van der Waals surface area contributed by atoms with Crippen molar-refractivity contribution in [1.29, 1.82) is 0 Å². The Balaban J connectivity index is 2.04. The minimum Gasteiger partial charge on any atom is -0.469 e. The van der Waals surface area contributed by atoms with Crippen molar-refractivity contribution >= 4 is 5.97 Å². The van der Waals surface area contributed by atoms with E-state index in [1.165, 1.54) is 39.2 Å². The molecule has 2 rings (SSSR count). The molecule has 0 heterocycles. The molecule has 3 unspecified atom stereocenters. The van der Waals surface area contributed by atoms with Crippen LogP contribution in [0.4, 0.5) is 0 Å². The SMILES string of the molecule is COC(=O)C1[CH]CCC2CCCCC21. The van der Waals surface area contributed by atoms with E-state index in [0.717, 1.165) is 12.3 Å². The Morgan fingerprint density at radius 1 is 1.29 bits per heavy atom. The van der Waals surface area contributed by atoms with Gasteiger partial charge >= 0.3 is 5.97 Å². The number of rotatable bonds is 1. The van der Waals surface area contributed by atoms with Crippen molar-refractivity contribution in [1.82, 2.24) is 0 Å². The first-order valence-electron chi connectivity index (χ1n) is 5.74. The molecule has 0 bridgehead atoms. The van der Waals surface area contributed by atoms with Crippen molar-refractivity contribution in [2.24, 2.45) is 17.8 Å². The van der Waals surface area contributed by atoms with Gasteiger partial charge in [-0.2, -0.15) is 0 Å². The Bertz CT molecular complexity index is 210. The van der Waals surface area contributed by atoms with Gasteiger partial charge in [0.05, 0.1) is 13.0 Å². The van der Waals surface area contributed by atoms with Crippen LogP contribution in [0.1, 0.15) is 38.5 Å². The third-order valence-electron chi connectivity index (χ3n) is 3.86. The lowest BCUT2D eigenvalue weighted by atomic mass is 9.65. The van der Waals surface area contributed by atoms with Gasteiger partial charge in [-0.15, -0.1) is 0 Å². The van der Waals surface area contributed by atoms with E-state index in [4.69, 9.17) is 4.74 Å². The van der Waals surface area contributed by atoms with Gasteiger partial charge in [-0.1, -0.05) is 19.3 Å². The van der Waals surface area contributed by atoms with Crippen LogP contribution in [0.2, 0.25) is 0 Å². The molecule has 79 valence electrons. The maximum atomic E-state index is 11.6. The fourth-order valence-corrected chi connectivity index (χ4v) is 3.14. The van der Waals surface area contributed by atoms with Crippen molar-refractivity contribution in [2.45, 2.75) is 38.5 Å². The zero-order valence-corrected chi connectivity index (χ0v) is 8.87. The van der Waals surface area contributed by atoms with Gasteiger partial charge in [0.2, 0.25) is 0 Å². The van der Waals surface area contributed by atoms with Crippen molar-refractivity contribution in [2.75, 3.05) is 7.11 Å². The van der Waals surface area contributed by atoms with Crippen molar-refractivity contribution in [3.63, 3.8) is 0 Å². The molecular formula is C12H19O2. The van der Waals surface area contributed by atoms with Crippen LogP contribution in [0.5, 0.6) is 0 Å². The first-order valence-corrected chi connectivity index (χ1v) is 5.74. The molecule has 0 saturated heterocycles. The van der Waals surface area contributed by atoms with Crippen molar-refractivity contribution < 1.29 is 9.53 Å². The monoisotopic (exact) mass is 195 g/mol. The molecule has 0 aliphatic heterocycles. The first-order chi connectivity index (χ1) is 6.83. The van der Waals surface area contributed by atoms with E-state index in [9.17, 15) is 4.79 Å². The van der Waals surface area contributed by atoms with Gasteiger partial charge in [0.1, 0.15) is 0 Å². The third kappa shape index (κ3) is 1.79. The Morgan fingerprint density at radius 3 is 2.86 bits per heavy atom. The molecule has 0 aromatic carbocycles. The fraction of sp³-hybridized carbons (Fsp3) is 0.833. The molecule has 14 heavy (non-hydrogen) atoms. The normalized spacial score (nSPS) is 37.4. The summed E-state index contributed by atoms with van der Waals surface area (Å²) in [6, 6.07) is 0. The second-order valence-electron chi connectivity index (χ2n) is 4.57. The molecule has 0 aromatic rings. The highest BCUT2D eigenvalue weighted by Crippen LogP contribution is 2.43. The summed E-state index contributed by atoms with van der Waals surface area (Å²) < 4.78 is 4.87. The van der Waals surface area contributed by atoms with Crippen LogP contribution in [-0.4, -0.2) is 13.1 Å². The molecule has 0 amide bonds. The van der Waals surface area contributed by atoms with E-state index in [-0.39, 0.29) is 11.9 Å². The largest absolute Gasteiger partial charge is 0.469 e. The number of esters is 1. The predicted octanol–water partition coefficient (Wildman–Crippen LogP) is 2.58. The number of hydrogen-bond donors (Lipinski definition) is 0. The summed E-state index contributed by atoms with van der Waals surface area (Å²) in [5.74, 6) is 1.46. The zero-order valence-electron chi connectivity index (χ0n) is 8.87. The second kappa shape index (κ2) is 4.33. The van der Waals surface area contributed by atoms with Crippen LogP contribution in [0.3, 0.4) is 0 Å². The summed E-state index contributed by atoms with van der Waals surface area (Å²) in [6.45, 7) is 0. The number of carbonyl (C=O) groups excluding carboxylic acids is 1. The quantitative estimate of drug-likeness (QED) is 0.601. The molecule has 0 aromatic heterocycles. The maximum Gasteiger partial charge on any atom is 0.309 e. The lowest BCUT2D eigenvalue weighted by molar-refractivity contribution is -0.148. The Hall–Kier alpha value is -0.530. The highest BCUT2D eigenvalue weighted by atomic mass is 16.5. The standard InChI is InChI=1S/C12H19O2/c1-14-12(13)11-8-4-6-9-5-2-3-7-10(9)11/h8-11H,2-7H2,1H3. The van der Waals surface area contributed by atoms with Crippen LogP contribution >= 0.6 is 0 Å². The van der Waals surface area contributed by atoms with E-state index >= 15 is 0 Å². The van der Waals surface area contributed by atoms with E-state index < -0.39 is 0 Å². The van der Waals surface area contributed by atoms with E-state index in [2.05, 4.69) is 6.42 Å². The smallest absolute Gasteiger partial charge is 0.309 e. The first kappa shape index (κ1) is 10.0. The van der Waals surface area contributed by atoms with Crippen LogP contribution in [-0.2, 0) is 9.53 Å². The molecule has 1 radical (unpaired) electrons. The molecule has 2 aliphatic carbocycles. The molecule has 2 saturated carbocycles. The number of carbonyl (C=O) groups is 1. The summed E-state index contributed by atoms with van der Waals surface area (Å²) in [6.07, 6.45) is 9.77. The number of ether oxygens (including phenoxy) is 1. The van der Waals surface area contributed by atoms with Crippen LogP contribution in [0, 0.1) is 24.2 Å². The molecule has 2 fully saturated rings. The van der Waals surface area contributed by atoms with E-state index in [1.807, 2.05) is 0 Å². The molecule has 0 spiro atoms. The van der Waals surface area contributed by atoms with Crippen molar-refractivity contribution in [3.8, 4) is 0 Å². The van der Waals surface area contributed by atoms with Gasteiger partial charge < -0.3 is 4.74 Å². The van der Waals surface area contributed by atoms with Crippen LogP contribution < -0.4 is 0 Å². The number of methoxy groups -OCH3 is 1. The van der Waals surface area contributed by atoms with Crippen LogP contribution in [0.25, 0.3) is 0 Å². The molecule has 2 nitrogen and oxygen atoms in total. The average Bonchev–Trinajstić information content (AvgIpc) is 2.27. The summed E-state index contributed by atoms with van der Waals surface area (Å²) >= 11 is 0. The molecule has 0 N–H and O–H groups in total. The average molecular weight is 195 g/mol. The molecular weight excluding hydrogens is 176 g/mol. The van der Waals surface area contributed by atoms with Gasteiger partial charge in [0.25, 0.3) is 0 Å². The second-order valence-corrected chi connectivity index (χ2v) is 4.57. The topological polar surface area (TPSA) is 26.3 Å². The number of fused-ring (bicyclic) bond motifs is 1. The summed E-state index contributed by atoms with van der Waals surface area (Å²) in [5.41, 5.74) is 0. The van der Waals surface area contributed by atoms with E-state index in [1.54, 1.807) is 0 Å². The summed E-state index contributed by atoms with van der Waals surface area (Å²) in [7, 11) is 1.50.